The highest BCUT2D eigenvalue weighted by Gasteiger charge is 2.46. The van der Waals surface area contributed by atoms with E-state index in [9.17, 15) is 48.3 Å². The number of primary amides is 1. The third-order valence-corrected chi connectivity index (χ3v) is 9.81. The standard InChI is InChI=1S/C41H59N9O15/c1-5-6-11-20-62-40(59)48-30-18-19-50(39(58)47-30)38-33(54)34(25(4)64-38)65-41(60)63-22-26-14-16-27(17-15-26)45-37(57)28(21-29(42)51)46-36(56)24(3)44-35(55)23(2)43-31(52)12-9-7-8-10-13-32(53)49-61/h14-19,23-25,28,33-34,38,54,61H,5-13,20-22H2,1-4H3,(H2,42,51)(H,43,52)(H,44,55)(H,45,57)(H,46,56)(H,49,53)(H,47,48,58,59)/t23-,24-,25+,28-,33+,34+,38+/m0/s1. The molecule has 1 aromatic heterocycles. The Hall–Kier alpha value is -6.66. The van der Waals surface area contributed by atoms with E-state index in [-0.39, 0.29) is 37.6 Å². The number of nitrogens with zero attached hydrogens (tertiary/aromatic N) is 2. The van der Waals surface area contributed by atoms with E-state index >= 15 is 0 Å². The van der Waals surface area contributed by atoms with Crippen LogP contribution < -0.4 is 43.5 Å². The third kappa shape index (κ3) is 18.2. The lowest BCUT2D eigenvalue weighted by atomic mass is 10.1. The molecule has 1 fully saturated rings. The zero-order chi connectivity index (χ0) is 48.1. The fourth-order valence-electron chi connectivity index (χ4n) is 6.22. The maximum atomic E-state index is 13.1. The van der Waals surface area contributed by atoms with Gasteiger partial charge in [-0.15, -0.1) is 0 Å². The highest BCUT2D eigenvalue weighted by Crippen LogP contribution is 2.31. The second-order valence-electron chi connectivity index (χ2n) is 15.2. The summed E-state index contributed by atoms with van der Waals surface area (Å²) in [6.07, 6.45) is -1.000. The van der Waals surface area contributed by atoms with Crippen molar-refractivity contribution in [1.82, 2.24) is 31.0 Å². The van der Waals surface area contributed by atoms with Crippen LogP contribution in [0.25, 0.3) is 0 Å². The zero-order valence-corrected chi connectivity index (χ0v) is 36.7. The summed E-state index contributed by atoms with van der Waals surface area (Å²) in [5.74, 6) is -4.18. The molecule has 0 bridgehead atoms. The number of benzene rings is 1. The van der Waals surface area contributed by atoms with Crippen LogP contribution in [0.1, 0.15) is 104 Å². The highest BCUT2D eigenvalue weighted by atomic mass is 16.7. The lowest BCUT2D eigenvalue weighted by Crippen LogP contribution is -2.55. The number of hydrogen-bond donors (Lipinski definition) is 9. The van der Waals surface area contributed by atoms with Crippen molar-refractivity contribution in [3.63, 3.8) is 0 Å². The molecule has 1 aliphatic rings. The van der Waals surface area contributed by atoms with E-state index in [1.807, 2.05) is 6.92 Å². The van der Waals surface area contributed by atoms with Crippen molar-refractivity contribution in [1.29, 1.82) is 0 Å². The normalized spacial score (nSPS) is 17.9. The van der Waals surface area contributed by atoms with E-state index in [0.29, 0.717) is 37.7 Å². The van der Waals surface area contributed by atoms with Crippen molar-refractivity contribution in [3.05, 3.63) is 52.6 Å². The van der Waals surface area contributed by atoms with Gasteiger partial charge in [0.2, 0.25) is 35.4 Å². The number of carbonyl (C=O) groups excluding carboxylic acids is 8. The first-order chi connectivity index (χ1) is 30.9. The molecule has 1 aliphatic heterocycles. The quantitative estimate of drug-likeness (QED) is 0.0292. The number of nitrogens with one attached hydrogen (secondary N) is 6. The van der Waals surface area contributed by atoms with Crippen LogP contribution in [0.5, 0.6) is 0 Å². The van der Waals surface area contributed by atoms with Crippen molar-refractivity contribution >= 4 is 59.2 Å². The Morgan fingerprint density at radius 2 is 1.48 bits per heavy atom. The Balaban J connectivity index is 1.45. The van der Waals surface area contributed by atoms with Gasteiger partial charge < -0.3 is 51.1 Å². The fraction of sp³-hybridized carbons (Fsp3) is 0.561. The van der Waals surface area contributed by atoms with E-state index in [1.54, 1.807) is 5.48 Å². The van der Waals surface area contributed by atoms with E-state index < -0.39 is 102 Å². The number of amides is 7. The van der Waals surface area contributed by atoms with Gasteiger partial charge >= 0.3 is 17.9 Å². The van der Waals surface area contributed by atoms with Gasteiger partial charge in [0.15, 0.2) is 12.3 Å². The summed E-state index contributed by atoms with van der Waals surface area (Å²) in [6.45, 7) is 6.20. The Labute approximate surface area is 374 Å². The SMILES string of the molecule is CCCCCOC(=O)Nc1ccn([C@@H]2O[C@H](C)[C@@H](OC(=O)OCc3ccc(NC(=O)[C@H](CC(N)=O)NC(=O)[C@H](C)NC(=O)[C@H](C)NC(=O)CCCCCCC(=O)NO)cc3)[C@H]2O)c(=O)n1. The summed E-state index contributed by atoms with van der Waals surface area (Å²) in [5.41, 5.74) is 6.69. The maximum absolute atomic E-state index is 13.1. The molecule has 0 aliphatic carbocycles. The highest BCUT2D eigenvalue weighted by molar-refractivity contribution is 6.00. The lowest BCUT2D eigenvalue weighted by molar-refractivity contribution is -0.133. The van der Waals surface area contributed by atoms with Gasteiger partial charge in [-0.05, 0) is 63.8 Å². The van der Waals surface area contributed by atoms with Crippen LogP contribution in [0, 0.1) is 0 Å². The summed E-state index contributed by atoms with van der Waals surface area (Å²) in [5, 5.41) is 31.7. The molecule has 3 rings (SSSR count). The topological polar surface area (TPSA) is 347 Å². The molecule has 0 unspecified atom stereocenters. The van der Waals surface area contributed by atoms with Crippen LogP contribution in [-0.4, -0.2) is 111 Å². The van der Waals surface area contributed by atoms with Gasteiger partial charge in [0.05, 0.1) is 19.1 Å². The van der Waals surface area contributed by atoms with E-state index in [1.165, 1.54) is 57.3 Å². The second-order valence-corrected chi connectivity index (χ2v) is 15.2. The van der Waals surface area contributed by atoms with Gasteiger partial charge in [0.1, 0.15) is 36.7 Å². The van der Waals surface area contributed by atoms with Gasteiger partial charge in [-0.25, -0.2) is 19.9 Å². The number of hydrogen-bond acceptors (Lipinski definition) is 16. The number of hydroxylamine groups is 1. The predicted octanol–water partition coefficient (Wildman–Crippen LogP) is 1.14. The summed E-state index contributed by atoms with van der Waals surface area (Å²) in [7, 11) is 0. The molecule has 0 spiro atoms. The van der Waals surface area contributed by atoms with Gasteiger partial charge in [-0.3, -0.25) is 43.9 Å². The van der Waals surface area contributed by atoms with Crippen LogP contribution in [0.4, 0.5) is 21.1 Å². The summed E-state index contributed by atoms with van der Waals surface area (Å²) >= 11 is 0. The number of ether oxygens (including phenoxy) is 4. The molecule has 24 nitrogen and oxygen atoms in total. The van der Waals surface area contributed by atoms with Crippen molar-refractivity contribution in [2.75, 3.05) is 17.2 Å². The molecule has 1 saturated heterocycles. The van der Waals surface area contributed by atoms with Crippen LogP contribution in [0.15, 0.2) is 41.3 Å². The molecule has 0 saturated carbocycles. The molecule has 0 radical (unpaired) electrons. The number of aliphatic hydroxyl groups excluding tert-OH is 1. The van der Waals surface area contributed by atoms with E-state index in [4.69, 9.17) is 29.9 Å². The Kier molecular flexibility index (Phi) is 21.8. The minimum absolute atomic E-state index is 0.0762. The van der Waals surface area contributed by atoms with Gasteiger partial charge in [-0.1, -0.05) is 44.7 Å². The smallest absolute Gasteiger partial charge is 0.449 e. The molecule has 1 aromatic carbocycles. The molecule has 2 aromatic rings. The molecule has 65 heavy (non-hydrogen) atoms. The first-order valence-electron chi connectivity index (χ1n) is 21.1. The molecule has 7 atom stereocenters. The van der Waals surface area contributed by atoms with Crippen LogP contribution >= 0.6 is 0 Å². The fourth-order valence-corrected chi connectivity index (χ4v) is 6.22. The van der Waals surface area contributed by atoms with E-state index in [2.05, 4.69) is 31.6 Å². The Bertz CT molecular complexity index is 2020. The monoisotopic (exact) mass is 917 g/mol. The first kappa shape index (κ1) is 52.7. The number of anilines is 2. The average molecular weight is 918 g/mol. The van der Waals surface area contributed by atoms with Crippen molar-refractivity contribution in [3.8, 4) is 0 Å². The molecule has 7 amide bonds. The molecule has 2 heterocycles. The lowest BCUT2D eigenvalue weighted by Gasteiger charge is -2.22. The van der Waals surface area contributed by atoms with Crippen molar-refractivity contribution < 1.29 is 67.6 Å². The molecular formula is C41H59N9O15. The number of unbranched alkanes of at least 4 members (excludes halogenated alkanes) is 5. The maximum Gasteiger partial charge on any atom is 0.509 e. The van der Waals surface area contributed by atoms with Crippen LogP contribution in [0.3, 0.4) is 0 Å². The number of nitrogens with two attached hydrogens (primary N) is 1. The Morgan fingerprint density at radius 3 is 2.11 bits per heavy atom. The second kappa shape index (κ2) is 26.8. The van der Waals surface area contributed by atoms with Crippen LogP contribution in [-0.2, 0) is 54.3 Å². The molecular weight excluding hydrogens is 858 g/mol. The van der Waals surface area contributed by atoms with Gasteiger partial charge in [0, 0.05) is 24.7 Å². The zero-order valence-electron chi connectivity index (χ0n) is 36.7. The third-order valence-electron chi connectivity index (χ3n) is 9.81. The molecule has 24 heteroatoms. The average Bonchev–Trinajstić information content (AvgIpc) is 3.53. The molecule has 358 valence electrons. The number of aliphatic hydroxyl groups is 1. The van der Waals surface area contributed by atoms with Crippen LogP contribution in [0.2, 0.25) is 0 Å². The summed E-state index contributed by atoms with van der Waals surface area (Å²) in [6, 6.07) is 3.58. The van der Waals surface area contributed by atoms with Gasteiger partial charge in [0.25, 0.3) is 0 Å². The number of carbonyl (C=O) groups is 8. The number of aromatic nitrogens is 2. The summed E-state index contributed by atoms with van der Waals surface area (Å²) in [4.78, 5) is 115. The van der Waals surface area contributed by atoms with Gasteiger partial charge in [-0.2, -0.15) is 4.98 Å². The van der Waals surface area contributed by atoms with E-state index in [0.717, 1.165) is 17.4 Å². The minimum atomic E-state index is -1.51. The summed E-state index contributed by atoms with van der Waals surface area (Å²) < 4.78 is 22.2. The van der Waals surface area contributed by atoms with Crippen molar-refractivity contribution in [2.45, 2.75) is 141 Å². The predicted molar refractivity (Wildman–Crippen MR) is 227 cm³/mol. The van der Waals surface area contributed by atoms with Crippen molar-refractivity contribution in [2.24, 2.45) is 5.73 Å². The largest absolute Gasteiger partial charge is 0.509 e. The number of rotatable bonds is 25. The Morgan fingerprint density at radius 1 is 0.831 bits per heavy atom. The molecule has 10 N–H and O–H groups in total. The first-order valence-corrected chi connectivity index (χ1v) is 21.1. The minimum Gasteiger partial charge on any atom is -0.449 e.